The Bertz CT molecular complexity index is 1560. The highest BCUT2D eigenvalue weighted by atomic mass is 16.2. The Morgan fingerprint density at radius 2 is 1.81 bits per heavy atom. The minimum Gasteiger partial charge on any atom is -0.366 e. The van der Waals surface area contributed by atoms with E-state index in [0.717, 1.165) is 10.5 Å². The van der Waals surface area contributed by atoms with E-state index >= 15 is 0 Å². The van der Waals surface area contributed by atoms with E-state index in [1.165, 1.54) is 11.0 Å². The zero-order chi connectivity index (χ0) is 25.6. The Hall–Kier alpha value is -5.06. The van der Waals surface area contributed by atoms with Crippen LogP contribution in [0.15, 0.2) is 60.8 Å². The van der Waals surface area contributed by atoms with Crippen LogP contribution in [0.5, 0.6) is 0 Å². The van der Waals surface area contributed by atoms with Gasteiger partial charge >= 0.3 is 6.03 Å². The molecule has 11 heteroatoms. The molecule has 11 nitrogen and oxygen atoms in total. The predicted octanol–water partition coefficient (Wildman–Crippen LogP) is 2.45. The van der Waals surface area contributed by atoms with E-state index in [0.29, 0.717) is 28.3 Å². The first kappa shape index (κ1) is 22.7. The number of anilines is 2. The molecule has 5 rings (SSSR count). The topological polar surface area (TPSA) is 143 Å². The highest BCUT2D eigenvalue weighted by Crippen LogP contribution is 2.27. The number of amides is 5. The fraction of sp³-hybridized carbons (Fsp3) is 0.120. The van der Waals surface area contributed by atoms with Gasteiger partial charge in [0.05, 0.1) is 28.8 Å². The summed E-state index contributed by atoms with van der Waals surface area (Å²) in [6, 6.07) is 14.5. The Labute approximate surface area is 205 Å². The number of aromatic nitrogens is 3. The minimum absolute atomic E-state index is 0.0387. The molecule has 1 fully saturated rings. The maximum atomic E-state index is 13.1. The number of rotatable bonds is 5. The number of nitrogens with two attached hydrogens (primary N) is 1. The van der Waals surface area contributed by atoms with Crippen LogP contribution in [0.4, 0.5) is 16.2 Å². The summed E-state index contributed by atoms with van der Waals surface area (Å²) >= 11 is 0. The lowest BCUT2D eigenvalue weighted by Gasteiger charge is -2.14. The number of aryl methyl sites for hydroxylation is 1. The van der Waals surface area contributed by atoms with Crippen molar-refractivity contribution in [2.24, 2.45) is 5.73 Å². The summed E-state index contributed by atoms with van der Waals surface area (Å²) in [7, 11) is 1.57. The Morgan fingerprint density at radius 1 is 1.06 bits per heavy atom. The highest BCUT2D eigenvalue weighted by Gasteiger charge is 2.34. The molecular weight excluding hydrogens is 462 g/mol. The Morgan fingerprint density at radius 3 is 2.47 bits per heavy atom. The number of hydrogen-bond donors (Lipinski definition) is 2. The van der Waals surface area contributed by atoms with Gasteiger partial charge in [0.25, 0.3) is 11.8 Å². The van der Waals surface area contributed by atoms with Crippen molar-refractivity contribution < 1.29 is 19.2 Å². The molecule has 5 amide bonds. The second-order valence-electron chi connectivity index (χ2n) is 8.40. The summed E-state index contributed by atoms with van der Waals surface area (Å²) in [5, 5.41) is 7.33. The molecule has 2 aromatic heterocycles. The van der Waals surface area contributed by atoms with Gasteiger partial charge in [-0.3, -0.25) is 14.4 Å². The largest absolute Gasteiger partial charge is 0.366 e. The van der Waals surface area contributed by atoms with Crippen molar-refractivity contribution in [3.63, 3.8) is 0 Å². The number of nitrogens with zero attached hydrogens (tertiary/aromatic N) is 5. The number of primary amides is 1. The molecule has 1 aliphatic heterocycles. The molecule has 0 unspecified atom stereocenters. The molecule has 1 saturated heterocycles. The molecule has 0 radical (unpaired) electrons. The summed E-state index contributed by atoms with van der Waals surface area (Å²) in [5.74, 6) is -1.36. The monoisotopic (exact) mass is 483 g/mol. The van der Waals surface area contributed by atoms with Gasteiger partial charge in [-0.25, -0.2) is 19.2 Å². The number of carbonyl (C=O) groups is 4. The fourth-order valence-electron chi connectivity index (χ4n) is 4.01. The standard InChI is InChI=1S/C25H21N7O4/c1-14-12-31-20(22(27-14)24(35)28-17-5-3-4-16(10-17)23(26)34)11-19(29-31)15-6-8-18(9-7-15)32-21(33)13-30(2)25(32)36/h3-12H,13H2,1-2H3,(H2,26,34)(H,28,35). The molecule has 1 aliphatic rings. The molecule has 0 spiro atoms. The van der Waals surface area contributed by atoms with Crippen LogP contribution in [0.25, 0.3) is 16.8 Å². The first-order valence-corrected chi connectivity index (χ1v) is 11.0. The molecule has 3 heterocycles. The molecule has 0 atom stereocenters. The zero-order valence-electron chi connectivity index (χ0n) is 19.4. The number of hydrogen-bond acceptors (Lipinski definition) is 6. The van der Waals surface area contributed by atoms with Crippen molar-refractivity contribution in [1.82, 2.24) is 19.5 Å². The van der Waals surface area contributed by atoms with Crippen LogP contribution in [0.3, 0.4) is 0 Å². The van der Waals surface area contributed by atoms with Crippen LogP contribution in [-0.2, 0) is 4.79 Å². The minimum atomic E-state index is -0.598. The molecule has 180 valence electrons. The van der Waals surface area contributed by atoms with Crippen molar-refractivity contribution in [3.05, 3.63) is 77.7 Å². The lowest BCUT2D eigenvalue weighted by Crippen LogP contribution is -2.31. The molecule has 2 aromatic carbocycles. The van der Waals surface area contributed by atoms with Gasteiger partial charge in [-0.1, -0.05) is 18.2 Å². The second kappa shape index (κ2) is 8.62. The molecule has 4 aromatic rings. The average molecular weight is 483 g/mol. The third-order valence-corrected chi connectivity index (χ3v) is 5.76. The van der Waals surface area contributed by atoms with Gasteiger partial charge in [-0.2, -0.15) is 5.10 Å². The van der Waals surface area contributed by atoms with Crippen LogP contribution < -0.4 is 16.0 Å². The normalized spacial score (nSPS) is 13.5. The number of likely N-dealkylation sites (N-methyl/N-ethyl adjacent to an activating group) is 1. The quantitative estimate of drug-likeness (QED) is 0.418. The molecule has 36 heavy (non-hydrogen) atoms. The van der Waals surface area contributed by atoms with E-state index in [4.69, 9.17) is 5.73 Å². The van der Waals surface area contributed by atoms with Gasteiger partial charge in [-0.15, -0.1) is 0 Å². The van der Waals surface area contributed by atoms with Crippen molar-refractivity contribution in [3.8, 4) is 11.3 Å². The average Bonchev–Trinajstić information content (AvgIpc) is 3.38. The second-order valence-corrected chi connectivity index (χ2v) is 8.40. The fourth-order valence-corrected chi connectivity index (χ4v) is 4.01. The van der Waals surface area contributed by atoms with Gasteiger partial charge in [0.2, 0.25) is 5.91 Å². The van der Waals surface area contributed by atoms with Gasteiger partial charge in [0, 0.05) is 23.9 Å². The third kappa shape index (κ3) is 4.02. The van der Waals surface area contributed by atoms with Crippen molar-refractivity contribution in [2.45, 2.75) is 6.92 Å². The SMILES string of the molecule is Cc1cn2nc(-c3ccc(N4C(=O)CN(C)C4=O)cc3)cc2c(C(=O)Nc2cccc(C(N)=O)c2)n1. The van der Waals surface area contributed by atoms with Crippen LogP contribution in [0.2, 0.25) is 0 Å². The van der Waals surface area contributed by atoms with Crippen molar-refractivity contribution >= 4 is 40.6 Å². The van der Waals surface area contributed by atoms with Crippen LogP contribution in [-0.4, -0.2) is 56.8 Å². The number of carbonyl (C=O) groups excluding carboxylic acids is 4. The summed E-state index contributed by atoms with van der Waals surface area (Å²) in [6.07, 6.45) is 1.70. The summed E-state index contributed by atoms with van der Waals surface area (Å²) in [4.78, 5) is 55.8. The summed E-state index contributed by atoms with van der Waals surface area (Å²) in [6.45, 7) is 1.79. The van der Waals surface area contributed by atoms with Gasteiger partial charge < -0.3 is 16.0 Å². The number of nitrogens with one attached hydrogen (secondary N) is 1. The van der Waals surface area contributed by atoms with Crippen molar-refractivity contribution in [1.29, 1.82) is 0 Å². The molecule has 0 bridgehead atoms. The van der Waals surface area contributed by atoms with E-state index in [2.05, 4.69) is 15.4 Å². The lowest BCUT2D eigenvalue weighted by atomic mass is 10.1. The first-order valence-electron chi connectivity index (χ1n) is 11.0. The summed E-state index contributed by atoms with van der Waals surface area (Å²) in [5.41, 5.74) is 9.01. The number of fused-ring (bicyclic) bond motifs is 1. The lowest BCUT2D eigenvalue weighted by molar-refractivity contribution is -0.116. The van der Waals surface area contributed by atoms with E-state index in [9.17, 15) is 19.2 Å². The molecule has 0 saturated carbocycles. The van der Waals surface area contributed by atoms with E-state index in [-0.39, 0.29) is 29.7 Å². The van der Waals surface area contributed by atoms with E-state index in [1.54, 1.807) is 73.2 Å². The molecule has 3 N–H and O–H groups in total. The number of benzene rings is 2. The number of imide groups is 1. The van der Waals surface area contributed by atoms with Crippen LogP contribution in [0.1, 0.15) is 26.5 Å². The number of urea groups is 1. The summed E-state index contributed by atoms with van der Waals surface area (Å²) < 4.78 is 1.57. The maximum Gasteiger partial charge on any atom is 0.331 e. The van der Waals surface area contributed by atoms with Gasteiger partial charge in [-0.05, 0) is 43.3 Å². The maximum absolute atomic E-state index is 13.1. The van der Waals surface area contributed by atoms with Crippen LogP contribution >= 0.6 is 0 Å². The van der Waals surface area contributed by atoms with E-state index < -0.39 is 11.8 Å². The van der Waals surface area contributed by atoms with Crippen LogP contribution in [0, 0.1) is 6.92 Å². The smallest absolute Gasteiger partial charge is 0.331 e. The zero-order valence-corrected chi connectivity index (χ0v) is 19.4. The molecule has 0 aliphatic carbocycles. The predicted molar refractivity (Wildman–Crippen MR) is 132 cm³/mol. The first-order chi connectivity index (χ1) is 17.2. The van der Waals surface area contributed by atoms with Gasteiger partial charge in [0.1, 0.15) is 6.54 Å². The van der Waals surface area contributed by atoms with Gasteiger partial charge in [0.15, 0.2) is 5.69 Å². The van der Waals surface area contributed by atoms with E-state index in [1.807, 2.05) is 0 Å². The molecular formula is C25H21N7O4. The van der Waals surface area contributed by atoms with Crippen molar-refractivity contribution in [2.75, 3.05) is 23.8 Å². The Kier molecular flexibility index (Phi) is 5.44. The Balaban J connectivity index is 1.46. The third-order valence-electron chi connectivity index (χ3n) is 5.76. The highest BCUT2D eigenvalue weighted by molar-refractivity contribution is 6.19.